The van der Waals surface area contributed by atoms with Crippen molar-refractivity contribution in [1.82, 2.24) is 5.32 Å². The summed E-state index contributed by atoms with van der Waals surface area (Å²) in [6.07, 6.45) is 1.08. The number of hydrogen-bond acceptors (Lipinski definition) is 5. The number of amides is 1. The summed E-state index contributed by atoms with van der Waals surface area (Å²) in [7, 11) is 0. The van der Waals surface area contributed by atoms with Crippen molar-refractivity contribution in [1.29, 1.82) is 0 Å². The molecule has 4 N–H and O–H groups in total. The monoisotopic (exact) mass is 286 g/mol. The Kier molecular flexibility index (Phi) is 9.00. The van der Waals surface area contributed by atoms with Gasteiger partial charge in [0.05, 0.1) is 18.1 Å². The molecule has 0 aliphatic carbocycles. The molecule has 1 amide bonds. The normalized spacial score (nSPS) is 15.2. The van der Waals surface area contributed by atoms with Gasteiger partial charge < -0.3 is 21.0 Å². The maximum absolute atomic E-state index is 12.1. The molecule has 0 bridgehead atoms. The van der Waals surface area contributed by atoms with Crippen LogP contribution in [0.4, 0.5) is 0 Å². The standard InChI is InChI=1S/C14H26N2O4/c1-9(17)8-12(10(2)18)14(20)16-13(11(3)19)6-4-5-7-15/h10,12-13,18H,4-8,15H2,1-3H3,(H,16,20)/t10?,12-,13-/m0/s1. The van der Waals surface area contributed by atoms with E-state index in [1.807, 2.05) is 0 Å². The molecule has 0 aliphatic rings. The molecule has 0 saturated heterocycles. The molecule has 0 radical (unpaired) electrons. The van der Waals surface area contributed by atoms with Gasteiger partial charge in [-0.05, 0) is 46.6 Å². The topological polar surface area (TPSA) is 109 Å². The van der Waals surface area contributed by atoms with Crippen LogP contribution in [0.3, 0.4) is 0 Å². The molecule has 116 valence electrons. The molecule has 0 aliphatic heterocycles. The van der Waals surface area contributed by atoms with E-state index in [1.165, 1.54) is 20.8 Å². The fourth-order valence-electron chi connectivity index (χ4n) is 1.94. The molecule has 6 nitrogen and oxygen atoms in total. The van der Waals surface area contributed by atoms with Gasteiger partial charge in [-0.1, -0.05) is 0 Å². The Balaban J connectivity index is 4.61. The van der Waals surface area contributed by atoms with E-state index in [1.54, 1.807) is 0 Å². The van der Waals surface area contributed by atoms with Crippen LogP contribution in [0.1, 0.15) is 46.5 Å². The molecule has 0 aromatic carbocycles. The van der Waals surface area contributed by atoms with Crippen molar-refractivity contribution < 1.29 is 19.5 Å². The van der Waals surface area contributed by atoms with Crippen LogP contribution in [-0.2, 0) is 14.4 Å². The summed E-state index contributed by atoms with van der Waals surface area (Å²) in [6.45, 7) is 4.78. The van der Waals surface area contributed by atoms with Gasteiger partial charge in [0.1, 0.15) is 5.78 Å². The number of ketones is 2. The summed E-state index contributed by atoms with van der Waals surface area (Å²) in [5.41, 5.74) is 5.39. The second-order valence-electron chi connectivity index (χ2n) is 5.21. The number of rotatable bonds is 10. The fraction of sp³-hybridized carbons (Fsp3) is 0.786. The van der Waals surface area contributed by atoms with Crippen LogP contribution in [0.15, 0.2) is 0 Å². The van der Waals surface area contributed by atoms with E-state index in [4.69, 9.17) is 5.73 Å². The van der Waals surface area contributed by atoms with E-state index >= 15 is 0 Å². The van der Waals surface area contributed by atoms with E-state index in [2.05, 4.69) is 5.32 Å². The second-order valence-corrected chi connectivity index (χ2v) is 5.21. The van der Waals surface area contributed by atoms with Gasteiger partial charge in [0.2, 0.25) is 5.91 Å². The summed E-state index contributed by atoms with van der Waals surface area (Å²) in [5, 5.41) is 12.2. The van der Waals surface area contributed by atoms with Crippen LogP contribution >= 0.6 is 0 Å². The van der Waals surface area contributed by atoms with Gasteiger partial charge in [-0.15, -0.1) is 0 Å². The quantitative estimate of drug-likeness (QED) is 0.496. The van der Waals surface area contributed by atoms with Gasteiger partial charge in [0.25, 0.3) is 0 Å². The van der Waals surface area contributed by atoms with Crippen LogP contribution in [0, 0.1) is 5.92 Å². The van der Waals surface area contributed by atoms with Crippen molar-refractivity contribution in [2.24, 2.45) is 11.7 Å². The van der Waals surface area contributed by atoms with Gasteiger partial charge in [-0.2, -0.15) is 0 Å². The van der Waals surface area contributed by atoms with E-state index in [0.717, 1.165) is 12.8 Å². The third-order valence-electron chi connectivity index (χ3n) is 3.18. The van der Waals surface area contributed by atoms with E-state index < -0.39 is 24.0 Å². The van der Waals surface area contributed by atoms with Crippen LogP contribution in [0.5, 0.6) is 0 Å². The lowest BCUT2D eigenvalue weighted by Crippen LogP contribution is -2.45. The minimum absolute atomic E-state index is 0.0308. The summed E-state index contributed by atoms with van der Waals surface area (Å²) in [4.78, 5) is 34.7. The van der Waals surface area contributed by atoms with Crippen molar-refractivity contribution >= 4 is 17.5 Å². The maximum atomic E-state index is 12.1. The minimum Gasteiger partial charge on any atom is -0.393 e. The molecular weight excluding hydrogens is 260 g/mol. The smallest absolute Gasteiger partial charge is 0.226 e. The fourth-order valence-corrected chi connectivity index (χ4v) is 1.94. The van der Waals surface area contributed by atoms with Crippen LogP contribution in [0.25, 0.3) is 0 Å². The number of Topliss-reactive ketones (excluding diaryl/α,β-unsaturated/α-hetero) is 2. The average Bonchev–Trinajstić information content (AvgIpc) is 2.33. The van der Waals surface area contributed by atoms with Gasteiger partial charge in [-0.25, -0.2) is 0 Å². The molecule has 0 fully saturated rings. The Labute approximate surface area is 120 Å². The first-order chi connectivity index (χ1) is 9.29. The van der Waals surface area contributed by atoms with E-state index in [-0.39, 0.29) is 18.0 Å². The number of hydrogen-bond donors (Lipinski definition) is 3. The van der Waals surface area contributed by atoms with Gasteiger partial charge in [0.15, 0.2) is 5.78 Å². The predicted octanol–water partition coefficient (Wildman–Crippen LogP) is 0.165. The highest BCUT2D eigenvalue weighted by atomic mass is 16.3. The molecule has 0 heterocycles. The zero-order valence-corrected chi connectivity index (χ0v) is 12.5. The molecule has 0 aromatic heterocycles. The zero-order chi connectivity index (χ0) is 15.7. The SMILES string of the molecule is CC(=O)C[C@H](C(=O)N[C@@H](CCCCN)C(C)=O)C(C)O. The first-order valence-corrected chi connectivity index (χ1v) is 6.98. The number of aliphatic hydroxyl groups is 1. The average molecular weight is 286 g/mol. The van der Waals surface area contributed by atoms with Gasteiger partial charge in [0, 0.05) is 6.42 Å². The largest absolute Gasteiger partial charge is 0.393 e. The van der Waals surface area contributed by atoms with E-state index in [0.29, 0.717) is 13.0 Å². The highest BCUT2D eigenvalue weighted by Gasteiger charge is 2.28. The first-order valence-electron chi connectivity index (χ1n) is 6.98. The lowest BCUT2D eigenvalue weighted by molar-refractivity contribution is -0.134. The molecule has 0 aromatic rings. The second kappa shape index (κ2) is 9.61. The Morgan fingerprint density at radius 2 is 1.80 bits per heavy atom. The molecule has 3 atom stereocenters. The van der Waals surface area contributed by atoms with Crippen LogP contribution < -0.4 is 11.1 Å². The lowest BCUT2D eigenvalue weighted by Gasteiger charge is -2.22. The number of nitrogens with one attached hydrogen (secondary N) is 1. The molecule has 20 heavy (non-hydrogen) atoms. The highest BCUT2D eigenvalue weighted by Crippen LogP contribution is 2.12. The Morgan fingerprint density at radius 3 is 2.20 bits per heavy atom. The predicted molar refractivity (Wildman–Crippen MR) is 76.0 cm³/mol. The van der Waals surface area contributed by atoms with Crippen LogP contribution in [0.2, 0.25) is 0 Å². The van der Waals surface area contributed by atoms with Crippen molar-refractivity contribution in [3.63, 3.8) is 0 Å². The molecule has 0 rings (SSSR count). The molecule has 6 heteroatoms. The molecule has 0 saturated carbocycles. The van der Waals surface area contributed by atoms with Crippen LogP contribution in [-0.4, -0.2) is 41.3 Å². The highest BCUT2D eigenvalue weighted by molar-refractivity contribution is 5.90. The summed E-state index contributed by atoms with van der Waals surface area (Å²) >= 11 is 0. The Bertz CT molecular complexity index is 342. The van der Waals surface area contributed by atoms with Gasteiger partial charge >= 0.3 is 0 Å². The third kappa shape index (κ3) is 7.35. The van der Waals surface area contributed by atoms with Crippen molar-refractivity contribution in [2.75, 3.05) is 6.54 Å². The van der Waals surface area contributed by atoms with Gasteiger partial charge in [-0.3, -0.25) is 9.59 Å². The number of carbonyl (C=O) groups is 3. The molecule has 0 spiro atoms. The van der Waals surface area contributed by atoms with E-state index in [9.17, 15) is 19.5 Å². The third-order valence-corrected chi connectivity index (χ3v) is 3.18. The first kappa shape index (κ1) is 18.7. The number of unbranched alkanes of at least 4 members (excludes halogenated alkanes) is 1. The lowest BCUT2D eigenvalue weighted by atomic mass is 9.95. The van der Waals surface area contributed by atoms with Crippen molar-refractivity contribution in [2.45, 2.75) is 58.6 Å². The summed E-state index contributed by atoms with van der Waals surface area (Å²) in [5.74, 6) is -1.58. The number of nitrogens with two attached hydrogens (primary N) is 1. The molecule has 1 unspecified atom stereocenters. The minimum atomic E-state index is -0.935. The van der Waals surface area contributed by atoms with Crippen molar-refractivity contribution in [3.8, 4) is 0 Å². The maximum Gasteiger partial charge on any atom is 0.226 e. The molecular formula is C14H26N2O4. The Morgan fingerprint density at radius 1 is 1.20 bits per heavy atom. The van der Waals surface area contributed by atoms with Crippen molar-refractivity contribution in [3.05, 3.63) is 0 Å². The number of carbonyl (C=O) groups excluding carboxylic acids is 3. The summed E-state index contributed by atoms with van der Waals surface area (Å²) in [6, 6.07) is -0.581. The number of aliphatic hydroxyl groups excluding tert-OH is 1. The zero-order valence-electron chi connectivity index (χ0n) is 12.5. The summed E-state index contributed by atoms with van der Waals surface area (Å²) < 4.78 is 0. The Hall–Kier alpha value is -1.27.